The van der Waals surface area contributed by atoms with Crippen molar-refractivity contribution in [3.63, 3.8) is 0 Å². The topological polar surface area (TPSA) is 61.8 Å². The summed E-state index contributed by atoms with van der Waals surface area (Å²) in [5.41, 5.74) is 3.78. The number of hydrogen-bond acceptors (Lipinski definition) is 4. The first-order chi connectivity index (χ1) is 7.68. The Kier molecular flexibility index (Phi) is 2.68. The fourth-order valence-corrected chi connectivity index (χ4v) is 1.38. The highest BCUT2D eigenvalue weighted by Crippen LogP contribution is 2.09. The maximum Gasteiger partial charge on any atom is 0.276 e. The van der Waals surface area contributed by atoms with Crippen molar-refractivity contribution >= 4 is 23.2 Å². The van der Waals surface area contributed by atoms with Crippen LogP contribution in [0.4, 0.5) is 5.69 Å². The standard InChI is InChI=1S/C11H11N3O2/c1-14-10(15)7-9(11(14)16)13-12-8-5-3-2-4-6-8/h2-6,12H,7H2,1H3/b13-9-. The Bertz CT molecular complexity index is 454. The maximum absolute atomic E-state index is 11.5. The molecule has 0 saturated carbocycles. The summed E-state index contributed by atoms with van der Waals surface area (Å²) in [7, 11) is 1.45. The minimum Gasteiger partial charge on any atom is -0.280 e. The van der Waals surface area contributed by atoms with Gasteiger partial charge in [0.05, 0.1) is 12.1 Å². The number of hydrazone groups is 1. The first kappa shape index (κ1) is 10.4. The number of anilines is 1. The number of carbonyl (C=O) groups excluding carboxylic acids is 2. The molecular weight excluding hydrogens is 206 g/mol. The van der Waals surface area contributed by atoms with E-state index in [9.17, 15) is 9.59 Å². The Morgan fingerprint density at radius 2 is 1.94 bits per heavy atom. The highest BCUT2D eigenvalue weighted by Gasteiger charge is 2.32. The van der Waals surface area contributed by atoms with Gasteiger partial charge in [-0.3, -0.25) is 19.9 Å². The smallest absolute Gasteiger partial charge is 0.276 e. The van der Waals surface area contributed by atoms with E-state index in [2.05, 4.69) is 10.5 Å². The first-order valence-electron chi connectivity index (χ1n) is 4.87. The van der Waals surface area contributed by atoms with Crippen LogP contribution in [0.5, 0.6) is 0 Å². The number of benzene rings is 1. The van der Waals surface area contributed by atoms with Gasteiger partial charge >= 0.3 is 0 Å². The molecule has 1 aliphatic heterocycles. The third-order valence-corrected chi connectivity index (χ3v) is 2.34. The minimum atomic E-state index is -0.339. The zero-order chi connectivity index (χ0) is 11.5. The van der Waals surface area contributed by atoms with Crippen LogP contribution in [0.15, 0.2) is 35.4 Å². The maximum atomic E-state index is 11.5. The Labute approximate surface area is 92.7 Å². The normalized spacial score (nSPS) is 18.3. The van der Waals surface area contributed by atoms with Crippen molar-refractivity contribution in [2.24, 2.45) is 5.10 Å². The lowest BCUT2D eigenvalue weighted by Crippen LogP contribution is -2.26. The number of rotatable bonds is 2. The van der Waals surface area contributed by atoms with Crippen LogP contribution in [-0.2, 0) is 9.59 Å². The molecule has 0 aromatic heterocycles. The third-order valence-electron chi connectivity index (χ3n) is 2.34. The van der Waals surface area contributed by atoms with Gasteiger partial charge in [0, 0.05) is 7.05 Å². The van der Waals surface area contributed by atoms with Crippen LogP contribution in [0.3, 0.4) is 0 Å². The van der Waals surface area contributed by atoms with Crippen LogP contribution in [0.2, 0.25) is 0 Å². The quantitative estimate of drug-likeness (QED) is 0.590. The van der Waals surface area contributed by atoms with Gasteiger partial charge in [-0.25, -0.2) is 0 Å². The van der Waals surface area contributed by atoms with Gasteiger partial charge in [0.25, 0.3) is 5.91 Å². The predicted octanol–water partition coefficient (Wildman–Crippen LogP) is 0.843. The van der Waals surface area contributed by atoms with Crippen molar-refractivity contribution in [3.05, 3.63) is 30.3 Å². The summed E-state index contributed by atoms with van der Waals surface area (Å²) in [5, 5.41) is 3.93. The van der Waals surface area contributed by atoms with E-state index in [4.69, 9.17) is 0 Å². The van der Waals surface area contributed by atoms with Crippen LogP contribution < -0.4 is 5.43 Å². The lowest BCUT2D eigenvalue weighted by Gasteiger charge is -2.02. The molecule has 16 heavy (non-hydrogen) atoms. The number of imide groups is 1. The molecule has 1 heterocycles. The molecule has 1 aliphatic rings. The monoisotopic (exact) mass is 217 g/mol. The lowest BCUT2D eigenvalue weighted by molar-refractivity contribution is -0.135. The van der Waals surface area contributed by atoms with Gasteiger partial charge in [-0.2, -0.15) is 5.10 Å². The highest BCUT2D eigenvalue weighted by molar-refractivity contribution is 6.48. The molecule has 2 amide bonds. The van der Waals surface area contributed by atoms with E-state index in [1.807, 2.05) is 30.3 Å². The second-order valence-electron chi connectivity index (χ2n) is 3.47. The first-order valence-corrected chi connectivity index (χ1v) is 4.87. The summed E-state index contributed by atoms with van der Waals surface area (Å²) in [5.74, 6) is -0.563. The fraction of sp³-hybridized carbons (Fsp3) is 0.182. The van der Waals surface area contributed by atoms with E-state index in [1.165, 1.54) is 7.05 Å². The van der Waals surface area contributed by atoms with E-state index in [0.29, 0.717) is 0 Å². The fourth-order valence-electron chi connectivity index (χ4n) is 1.38. The van der Waals surface area contributed by atoms with Crippen molar-refractivity contribution in [2.75, 3.05) is 12.5 Å². The average Bonchev–Trinajstić information content (AvgIpc) is 2.56. The van der Waals surface area contributed by atoms with Gasteiger partial charge in [-0.05, 0) is 12.1 Å². The largest absolute Gasteiger partial charge is 0.280 e. The van der Waals surface area contributed by atoms with E-state index >= 15 is 0 Å². The van der Waals surface area contributed by atoms with Gasteiger partial charge < -0.3 is 0 Å². The molecule has 0 aliphatic carbocycles. The zero-order valence-corrected chi connectivity index (χ0v) is 8.80. The average molecular weight is 217 g/mol. The van der Waals surface area contributed by atoms with E-state index in [-0.39, 0.29) is 23.9 Å². The number of likely N-dealkylation sites (tertiary alicyclic amines) is 1. The van der Waals surface area contributed by atoms with Crippen molar-refractivity contribution < 1.29 is 9.59 Å². The van der Waals surface area contributed by atoms with Crippen LogP contribution in [0.1, 0.15) is 6.42 Å². The van der Waals surface area contributed by atoms with Crippen LogP contribution in [0, 0.1) is 0 Å². The molecule has 82 valence electrons. The molecule has 1 fully saturated rings. The molecular formula is C11H11N3O2. The molecule has 0 atom stereocenters. The number of nitrogens with zero attached hydrogens (tertiary/aromatic N) is 2. The second kappa shape index (κ2) is 4.14. The number of hydrogen-bond donors (Lipinski definition) is 1. The summed E-state index contributed by atoms with van der Waals surface area (Å²) in [4.78, 5) is 23.7. The van der Waals surface area contributed by atoms with Gasteiger partial charge in [-0.15, -0.1) is 0 Å². The number of para-hydroxylation sites is 1. The minimum absolute atomic E-state index is 0.0646. The zero-order valence-electron chi connectivity index (χ0n) is 8.80. The summed E-state index contributed by atoms with van der Waals surface area (Å²) in [6.07, 6.45) is 0.0646. The van der Waals surface area contributed by atoms with Gasteiger partial charge in [-0.1, -0.05) is 18.2 Å². The van der Waals surface area contributed by atoms with Crippen LogP contribution in [0.25, 0.3) is 0 Å². The van der Waals surface area contributed by atoms with Crippen molar-refractivity contribution in [1.29, 1.82) is 0 Å². The Morgan fingerprint density at radius 3 is 2.50 bits per heavy atom. The molecule has 0 radical (unpaired) electrons. The van der Waals surface area contributed by atoms with Gasteiger partial charge in [0.1, 0.15) is 5.71 Å². The molecule has 5 nitrogen and oxygen atoms in total. The third kappa shape index (κ3) is 1.93. The Hall–Kier alpha value is -2.17. The predicted molar refractivity (Wildman–Crippen MR) is 59.9 cm³/mol. The molecule has 0 spiro atoms. The van der Waals surface area contributed by atoms with Crippen LogP contribution in [-0.4, -0.2) is 29.5 Å². The van der Waals surface area contributed by atoms with E-state index in [1.54, 1.807) is 0 Å². The Morgan fingerprint density at radius 1 is 1.25 bits per heavy atom. The Balaban J connectivity index is 2.10. The molecule has 1 saturated heterocycles. The van der Waals surface area contributed by atoms with Gasteiger partial charge in [0.2, 0.25) is 5.91 Å². The number of nitrogens with one attached hydrogen (secondary N) is 1. The lowest BCUT2D eigenvalue weighted by atomic mass is 10.3. The summed E-state index contributed by atoms with van der Waals surface area (Å²) in [6, 6.07) is 9.26. The highest BCUT2D eigenvalue weighted by atomic mass is 16.2. The summed E-state index contributed by atoms with van der Waals surface area (Å²) < 4.78 is 0. The molecule has 1 N–H and O–H groups in total. The molecule has 2 rings (SSSR count). The number of carbonyl (C=O) groups is 2. The van der Waals surface area contributed by atoms with Crippen molar-refractivity contribution in [3.8, 4) is 0 Å². The molecule has 0 bridgehead atoms. The van der Waals surface area contributed by atoms with Crippen LogP contribution >= 0.6 is 0 Å². The SMILES string of the molecule is CN1C(=O)C/C(=N/Nc2ccccc2)C1=O. The van der Waals surface area contributed by atoms with Crippen molar-refractivity contribution in [2.45, 2.75) is 6.42 Å². The molecule has 1 aromatic carbocycles. The second-order valence-corrected chi connectivity index (χ2v) is 3.47. The summed E-state index contributed by atoms with van der Waals surface area (Å²) >= 11 is 0. The molecule has 5 heteroatoms. The molecule has 1 aromatic rings. The molecule has 0 unspecified atom stereocenters. The van der Waals surface area contributed by atoms with Gasteiger partial charge in [0.15, 0.2) is 0 Å². The number of amides is 2. The van der Waals surface area contributed by atoms with E-state index < -0.39 is 0 Å². The van der Waals surface area contributed by atoms with Crippen molar-refractivity contribution in [1.82, 2.24) is 4.90 Å². The summed E-state index contributed by atoms with van der Waals surface area (Å²) in [6.45, 7) is 0. The van der Waals surface area contributed by atoms with E-state index in [0.717, 1.165) is 10.6 Å².